The Labute approximate surface area is 114 Å². The maximum atomic E-state index is 6.45. The molecule has 4 nitrogen and oxygen atoms in total. The Kier molecular flexibility index (Phi) is 2.47. The van der Waals surface area contributed by atoms with Gasteiger partial charge in [-0.2, -0.15) is 0 Å². The minimum atomic E-state index is -0.487. The molecule has 0 spiro atoms. The minimum Gasteiger partial charge on any atom is -0.352 e. The first-order valence-electron chi connectivity index (χ1n) is 7.55. The van der Waals surface area contributed by atoms with Gasteiger partial charge >= 0.3 is 0 Å². The van der Waals surface area contributed by atoms with E-state index in [4.69, 9.17) is 18.9 Å². The summed E-state index contributed by atoms with van der Waals surface area (Å²) >= 11 is 0. The number of methoxy groups -OCH3 is 2. The largest absolute Gasteiger partial charge is 0.352 e. The molecule has 0 aromatic heterocycles. The number of hydrogen-bond donors (Lipinski definition) is 0. The maximum Gasteiger partial charge on any atom is 0.179 e. The summed E-state index contributed by atoms with van der Waals surface area (Å²) < 4.78 is 24.3. The molecule has 3 aliphatic carbocycles. The topological polar surface area (TPSA) is 36.9 Å². The summed E-state index contributed by atoms with van der Waals surface area (Å²) in [4.78, 5) is 0. The van der Waals surface area contributed by atoms with Crippen molar-refractivity contribution in [2.45, 2.75) is 44.4 Å². The van der Waals surface area contributed by atoms with Crippen LogP contribution in [-0.2, 0) is 18.9 Å². The van der Waals surface area contributed by atoms with E-state index in [-0.39, 0.29) is 5.92 Å². The van der Waals surface area contributed by atoms with Gasteiger partial charge < -0.3 is 18.9 Å². The summed E-state index contributed by atoms with van der Waals surface area (Å²) in [6.07, 6.45) is 2.50. The Hall–Kier alpha value is -0.160. The third-order valence-electron chi connectivity index (χ3n) is 6.27. The highest BCUT2D eigenvalue weighted by Gasteiger charge is 2.82. The molecule has 0 N–H and O–H groups in total. The van der Waals surface area contributed by atoms with E-state index in [1.54, 1.807) is 14.2 Å². The lowest BCUT2D eigenvalue weighted by atomic mass is 9.80. The van der Waals surface area contributed by atoms with E-state index in [1.807, 2.05) is 6.92 Å². The van der Waals surface area contributed by atoms with Crippen molar-refractivity contribution in [3.8, 4) is 0 Å². The number of ether oxygens (including phenoxy) is 4. The standard InChI is InChI=1S/C15H24O4/c1-5-18-14-7-10-9-6-8(2)12(19-14)11(9)13(14)15(10,16-3)17-4/h8-13H,5-7H2,1-4H3/t8-,9+,10-,11-,12+,13-,14-/m0/s1. The minimum absolute atomic E-state index is 0.236. The molecule has 4 rings (SSSR count). The SMILES string of the molecule is CCO[C@@]12C[C@H]3[C@H]4C[C@H](C)[C@@H](O1)[C@H]4[C@@H]2C3(OC)OC. The molecule has 19 heavy (non-hydrogen) atoms. The first-order chi connectivity index (χ1) is 9.13. The second-order valence-corrected chi connectivity index (χ2v) is 6.70. The molecule has 1 saturated heterocycles. The van der Waals surface area contributed by atoms with Gasteiger partial charge in [0, 0.05) is 39.1 Å². The lowest BCUT2D eigenvalue weighted by Crippen LogP contribution is -2.46. The van der Waals surface area contributed by atoms with E-state index in [0.717, 1.165) is 6.42 Å². The Bertz CT molecular complexity index is 394. The highest BCUT2D eigenvalue weighted by atomic mass is 16.7. The molecule has 2 bridgehead atoms. The van der Waals surface area contributed by atoms with Gasteiger partial charge in [0.2, 0.25) is 0 Å². The van der Waals surface area contributed by atoms with Crippen molar-refractivity contribution >= 4 is 0 Å². The Morgan fingerprint density at radius 1 is 1.26 bits per heavy atom. The van der Waals surface area contributed by atoms with Gasteiger partial charge in [-0.25, -0.2) is 0 Å². The van der Waals surface area contributed by atoms with Crippen molar-refractivity contribution in [2.75, 3.05) is 20.8 Å². The molecule has 4 heteroatoms. The monoisotopic (exact) mass is 268 g/mol. The number of hydrogen-bond acceptors (Lipinski definition) is 4. The summed E-state index contributed by atoms with van der Waals surface area (Å²) in [6, 6.07) is 0. The van der Waals surface area contributed by atoms with Gasteiger partial charge in [0.25, 0.3) is 0 Å². The second-order valence-electron chi connectivity index (χ2n) is 6.70. The first-order valence-corrected chi connectivity index (χ1v) is 7.55. The van der Waals surface area contributed by atoms with Gasteiger partial charge in [0.1, 0.15) is 0 Å². The summed E-state index contributed by atoms with van der Waals surface area (Å²) in [5, 5.41) is 0. The Morgan fingerprint density at radius 2 is 2.00 bits per heavy atom. The van der Waals surface area contributed by atoms with E-state index in [9.17, 15) is 0 Å². The smallest absolute Gasteiger partial charge is 0.179 e. The molecule has 0 radical (unpaired) electrons. The zero-order valence-electron chi connectivity index (χ0n) is 12.2. The molecular weight excluding hydrogens is 244 g/mol. The van der Waals surface area contributed by atoms with Gasteiger partial charge in [0.15, 0.2) is 11.6 Å². The third kappa shape index (κ3) is 1.17. The van der Waals surface area contributed by atoms with Crippen LogP contribution in [0, 0.1) is 29.6 Å². The van der Waals surface area contributed by atoms with Crippen LogP contribution >= 0.6 is 0 Å². The van der Waals surface area contributed by atoms with Crippen molar-refractivity contribution in [3.63, 3.8) is 0 Å². The number of fused-ring (bicyclic) bond motifs is 2. The lowest BCUT2D eigenvalue weighted by molar-refractivity contribution is -0.281. The molecule has 3 saturated carbocycles. The predicted octanol–water partition coefficient (Wildman–Crippen LogP) is 2.03. The van der Waals surface area contributed by atoms with Crippen LogP contribution in [0.2, 0.25) is 0 Å². The van der Waals surface area contributed by atoms with Crippen LogP contribution in [-0.4, -0.2) is 38.5 Å². The summed E-state index contributed by atoms with van der Waals surface area (Å²) in [5.41, 5.74) is 0. The van der Waals surface area contributed by atoms with Crippen LogP contribution in [0.3, 0.4) is 0 Å². The van der Waals surface area contributed by atoms with Gasteiger partial charge in [-0.15, -0.1) is 0 Å². The predicted molar refractivity (Wildman–Crippen MR) is 68.3 cm³/mol. The summed E-state index contributed by atoms with van der Waals surface area (Å²) in [7, 11) is 3.55. The number of rotatable bonds is 4. The highest BCUT2D eigenvalue weighted by Crippen LogP contribution is 2.74. The van der Waals surface area contributed by atoms with E-state index >= 15 is 0 Å². The molecular formula is C15H24O4. The van der Waals surface area contributed by atoms with Crippen molar-refractivity contribution in [3.05, 3.63) is 0 Å². The maximum absolute atomic E-state index is 6.45. The average Bonchev–Trinajstić information content (AvgIpc) is 3.00. The lowest BCUT2D eigenvalue weighted by Gasteiger charge is -2.35. The molecule has 4 fully saturated rings. The molecule has 1 heterocycles. The quantitative estimate of drug-likeness (QED) is 0.731. The molecule has 7 atom stereocenters. The summed E-state index contributed by atoms with van der Waals surface area (Å²) in [6.45, 7) is 5.04. The zero-order valence-corrected chi connectivity index (χ0v) is 12.2. The normalized spacial score (nSPS) is 56.2. The van der Waals surface area contributed by atoms with Gasteiger partial charge in [0.05, 0.1) is 12.0 Å². The van der Waals surface area contributed by atoms with Crippen LogP contribution in [0.5, 0.6) is 0 Å². The zero-order chi connectivity index (χ0) is 13.4. The molecule has 4 aliphatic rings. The van der Waals surface area contributed by atoms with Crippen LogP contribution < -0.4 is 0 Å². The molecule has 1 aliphatic heterocycles. The van der Waals surface area contributed by atoms with Crippen molar-refractivity contribution in [2.24, 2.45) is 29.6 Å². The summed E-state index contributed by atoms with van der Waals surface area (Å²) in [5.74, 6) is 1.58. The van der Waals surface area contributed by atoms with Crippen LogP contribution in [0.15, 0.2) is 0 Å². The van der Waals surface area contributed by atoms with E-state index in [1.165, 1.54) is 6.42 Å². The van der Waals surface area contributed by atoms with E-state index in [2.05, 4.69) is 6.92 Å². The van der Waals surface area contributed by atoms with Gasteiger partial charge in [-0.05, 0) is 25.2 Å². The van der Waals surface area contributed by atoms with Crippen molar-refractivity contribution < 1.29 is 18.9 Å². The second kappa shape index (κ2) is 3.73. The highest BCUT2D eigenvalue weighted by molar-refractivity contribution is 5.23. The Morgan fingerprint density at radius 3 is 2.63 bits per heavy atom. The van der Waals surface area contributed by atoms with Crippen molar-refractivity contribution in [1.29, 1.82) is 0 Å². The Balaban J connectivity index is 1.81. The fourth-order valence-electron chi connectivity index (χ4n) is 5.95. The molecule has 0 amide bonds. The molecule has 0 unspecified atom stereocenters. The fraction of sp³-hybridized carbons (Fsp3) is 1.00. The van der Waals surface area contributed by atoms with E-state index < -0.39 is 11.6 Å². The van der Waals surface area contributed by atoms with E-state index in [0.29, 0.717) is 36.4 Å². The van der Waals surface area contributed by atoms with Crippen LogP contribution in [0.1, 0.15) is 26.7 Å². The fourth-order valence-corrected chi connectivity index (χ4v) is 5.95. The average molecular weight is 268 g/mol. The molecule has 0 aromatic carbocycles. The van der Waals surface area contributed by atoms with Gasteiger partial charge in [-0.3, -0.25) is 0 Å². The third-order valence-corrected chi connectivity index (χ3v) is 6.27. The van der Waals surface area contributed by atoms with Gasteiger partial charge in [-0.1, -0.05) is 6.92 Å². The van der Waals surface area contributed by atoms with Crippen LogP contribution in [0.4, 0.5) is 0 Å². The molecule has 108 valence electrons. The van der Waals surface area contributed by atoms with Crippen molar-refractivity contribution in [1.82, 2.24) is 0 Å². The van der Waals surface area contributed by atoms with Crippen LogP contribution in [0.25, 0.3) is 0 Å². The molecule has 0 aromatic rings. The first kappa shape index (κ1) is 12.6.